The summed E-state index contributed by atoms with van der Waals surface area (Å²) in [4.78, 5) is 17.1. The molecular weight excluding hydrogens is 548 g/mol. The summed E-state index contributed by atoms with van der Waals surface area (Å²) in [7, 11) is 0. The van der Waals surface area contributed by atoms with E-state index in [4.69, 9.17) is 10.5 Å². The lowest BCUT2D eigenvalue weighted by Crippen LogP contribution is -2.68. The molecule has 0 aromatic rings. The normalized spacial score (nSPS) is 37.9. The molecule has 0 spiro atoms. The first-order valence-electron chi connectivity index (χ1n) is 17.1. The number of hydrogen-bond acceptors (Lipinski definition) is 10. The molecule has 0 radical (unpaired) electrons. The van der Waals surface area contributed by atoms with E-state index in [1.807, 2.05) is 4.90 Å². The summed E-state index contributed by atoms with van der Waals surface area (Å²) in [5.74, 6) is 1.36. The van der Waals surface area contributed by atoms with Crippen molar-refractivity contribution in [3.63, 3.8) is 0 Å². The fourth-order valence-electron chi connectivity index (χ4n) is 8.10. The number of carbonyl (C=O) groups excluding carboxylic acids is 1. The van der Waals surface area contributed by atoms with E-state index in [-0.39, 0.29) is 30.4 Å². The summed E-state index contributed by atoms with van der Waals surface area (Å²) < 4.78 is 6.39. The number of aliphatic hydroxyl groups excluding tert-OH is 2. The average Bonchev–Trinajstić information content (AvgIpc) is 3.53. The second-order valence-electron chi connectivity index (χ2n) is 14.9. The van der Waals surface area contributed by atoms with Gasteiger partial charge in [0, 0.05) is 32.3 Å². The van der Waals surface area contributed by atoms with Gasteiger partial charge in [0.25, 0.3) is 0 Å². The molecule has 0 bridgehead atoms. The average molecular weight is 609 g/mol. The van der Waals surface area contributed by atoms with Crippen LogP contribution < -0.4 is 32.3 Å². The van der Waals surface area contributed by atoms with Gasteiger partial charge in [-0.1, -0.05) is 40.0 Å². The van der Waals surface area contributed by atoms with E-state index in [9.17, 15) is 15.0 Å². The van der Waals surface area contributed by atoms with Crippen LogP contribution >= 0.6 is 0 Å². The van der Waals surface area contributed by atoms with Gasteiger partial charge in [0.05, 0.1) is 25.0 Å². The Bertz CT molecular complexity index is 878. The highest BCUT2D eigenvalue weighted by atomic mass is 16.6. The molecule has 7 atom stereocenters. The Hall–Kier alpha value is -1.09. The van der Waals surface area contributed by atoms with Crippen LogP contribution in [-0.4, -0.2) is 115 Å². The van der Waals surface area contributed by atoms with Crippen molar-refractivity contribution in [2.24, 2.45) is 23.0 Å². The lowest BCUT2D eigenvalue weighted by molar-refractivity contribution is -0.107. The van der Waals surface area contributed by atoms with Crippen molar-refractivity contribution in [1.29, 1.82) is 0 Å². The number of carbonyl (C=O) groups is 1. The summed E-state index contributed by atoms with van der Waals surface area (Å²) in [5, 5.41) is 38.4. The van der Waals surface area contributed by atoms with E-state index in [1.165, 1.54) is 44.9 Å². The first-order chi connectivity index (χ1) is 20.6. The molecule has 9 N–H and O–H groups in total. The molecule has 2 aliphatic carbocycles. The standard InChI is InChI=1S/C31H60N8O4/c1-31(2,3)21-10-12-22(13-11-21)37-30(42)33-14-7-15-38(16-20-8-5-4-6-9-20)17-23-25(40)26(41)29(43-23)39-19-36-24-27(32)34-18-35-28(24)39/h20-29,34-36,40-41H,4-19,32H2,1-3H3,(H2,33,37,42)/t21?,22?,23-,24?,25-,26?,27?,28?,29-/m1/s1. The van der Waals surface area contributed by atoms with Gasteiger partial charge in [-0.3, -0.25) is 16.0 Å². The van der Waals surface area contributed by atoms with E-state index >= 15 is 0 Å². The number of ether oxygens (including phenoxy) is 1. The van der Waals surface area contributed by atoms with Gasteiger partial charge in [-0.25, -0.2) is 9.69 Å². The molecule has 0 aromatic heterocycles. The molecule has 5 fully saturated rings. The Morgan fingerprint density at radius 2 is 1.74 bits per heavy atom. The summed E-state index contributed by atoms with van der Waals surface area (Å²) in [5.41, 5.74) is 6.57. The van der Waals surface area contributed by atoms with Gasteiger partial charge >= 0.3 is 6.03 Å². The SMILES string of the molecule is CC(C)(C)C1CCC(NC(=O)NCCCN(CC2CCCCC2)C[C@H]2O[C@@H](N3CNC4C(N)NCNC43)C(O)[C@@H]2O)CC1. The fraction of sp³-hybridized carbons (Fsp3) is 0.968. The van der Waals surface area contributed by atoms with Crippen LogP contribution in [-0.2, 0) is 4.74 Å². The van der Waals surface area contributed by atoms with Crippen molar-refractivity contribution in [3.8, 4) is 0 Å². The number of aliphatic hydroxyl groups is 2. The largest absolute Gasteiger partial charge is 0.387 e. The van der Waals surface area contributed by atoms with Gasteiger partial charge < -0.3 is 36.2 Å². The Balaban J connectivity index is 1.09. The third kappa shape index (κ3) is 8.59. The lowest BCUT2D eigenvalue weighted by Gasteiger charge is -2.38. The number of rotatable bonds is 10. The molecule has 3 saturated heterocycles. The number of nitrogens with zero attached hydrogens (tertiary/aromatic N) is 2. The minimum Gasteiger partial charge on any atom is -0.387 e. The summed E-state index contributed by atoms with van der Waals surface area (Å²) in [6, 6.07) is 0.188. The maximum absolute atomic E-state index is 12.6. The van der Waals surface area contributed by atoms with Crippen LogP contribution in [0.25, 0.3) is 0 Å². The topological polar surface area (TPSA) is 159 Å². The molecule has 3 heterocycles. The molecule has 12 heteroatoms. The highest BCUT2D eigenvalue weighted by molar-refractivity contribution is 5.74. The highest BCUT2D eigenvalue weighted by Gasteiger charge is 2.51. The second-order valence-corrected chi connectivity index (χ2v) is 14.9. The third-order valence-corrected chi connectivity index (χ3v) is 10.8. The minimum atomic E-state index is -1.00. The fourth-order valence-corrected chi connectivity index (χ4v) is 8.10. The second kappa shape index (κ2) is 15.0. The molecule has 5 rings (SSSR count). The first-order valence-corrected chi connectivity index (χ1v) is 17.1. The van der Waals surface area contributed by atoms with E-state index < -0.39 is 24.5 Å². The van der Waals surface area contributed by atoms with Crippen LogP contribution in [0.3, 0.4) is 0 Å². The Kier molecular flexibility index (Phi) is 11.6. The maximum atomic E-state index is 12.6. The van der Waals surface area contributed by atoms with Gasteiger partial charge in [-0.05, 0) is 68.7 Å². The zero-order valence-electron chi connectivity index (χ0n) is 26.8. The number of fused-ring (bicyclic) bond motifs is 1. The zero-order valence-corrected chi connectivity index (χ0v) is 26.8. The van der Waals surface area contributed by atoms with Gasteiger partial charge in [0.1, 0.15) is 24.5 Å². The van der Waals surface area contributed by atoms with E-state index in [0.29, 0.717) is 37.8 Å². The van der Waals surface area contributed by atoms with Crippen molar-refractivity contribution in [2.45, 2.75) is 134 Å². The molecule has 3 aliphatic heterocycles. The van der Waals surface area contributed by atoms with Crippen molar-refractivity contribution < 1.29 is 19.7 Å². The smallest absolute Gasteiger partial charge is 0.315 e. The van der Waals surface area contributed by atoms with Crippen molar-refractivity contribution in [1.82, 2.24) is 36.4 Å². The summed E-state index contributed by atoms with van der Waals surface area (Å²) in [6.07, 6.45) is 8.25. The predicted octanol–water partition coefficient (Wildman–Crippen LogP) is 0.602. The lowest BCUT2D eigenvalue weighted by atomic mass is 9.71. The van der Waals surface area contributed by atoms with Crippen molar-refractivity contribution >= 4 is 6.03 Å². The van der Waals surface area contributed by atoms with Gasteiger partial charge in [-0.15, -0.1) is 0 Å². The van der Waals surface area contributed by atoms with E-state index in [0.717, 1.165) is 38.3 Å². The van der Waals surface area contributed by atoms with Crippen LogP contribution in [0, 0.1) is 17.3 Å². The van der Waals surface area contributed by atoms with Crippen molar-refractivity contribution in [2.75, 3.05) is 39.5 Å². The van der Waals surface area contributed by atoms with Crippen LogP contribution in [0.5, 0.6) is 0 Å². The van der Waals surface area contributed by atoms with E-state index in [2.05, 4.69) is 52.3 Å². The molecule has 4 unspecified atom stereocenters. The van der Waals surface area contributed by atoms with Gasteiger partial charge in [0.2, 0.25) is 0 Å². The van der Waals surface area contributed by atoms with Crippen LogP contribution in [0.15, 0.2) is 0 Å². The van der Waals surface area contributed by atoms with Crippen LogP contribution in [0.2, 0.25) is 0 Å². The molecule has 43 heavy (non-hydrogen) atoms. The summed E-state index contributed by atoms with van der Waals surface area (Å²) >= 11 is 0. The first kappa shape index (κ1) is 33.3. The summed E-state index contributed by atoms with van der Waals surface area (Å²) in [6.45, 7) is 11.0. The predicted molar refractivity (Wildman–Crippen MR) is 167 cm³/mol. The van der Waals surface area contributed by atoms with Crippen LogP contribution in [0.4, 0.5) is 4.79 Å². The molecule has 0 aromatic carbocycles. The molecule has 248 valence electrons. The highest BCUT2D eigenvalue weighted by Crippen LogP contribution is 2.37. The quantitative estimate of drug-likeness (QED) is 0.165. The minimum absolute atomic E-state index is 0.00763. The van der Waals surface area contributed by atoms with E-state index in [1.54, 1.807) is 0 Å². The number of hydrogen-bond donors (Lipinski definition) is 8. The number of nitrogens with two attached hydrogens (primary N) is 1. The molecular formula is C31H60N8O4. The molecule has 5 aliphatic rings. The Morgan fingerprint density at radius 1 is 1.00 bits per heavy atom. The zero-order chi connectivity index (χ0) is 30.6. The van der Waals surface area contributed by atoms with Gasteiger partial charge in [0.15, 0.2) is 0 Å². The van der Waals surface area contributed by atoms with Crippen LogP contribution in [0.1, 0.15) is 85.0 Å². The monoisotopic (exact) mass is 608 g/mol. The number of amides is 2. The van der Waals surface area contributed by atoms with Gasteiger partial charge in [-0.2, -0.15) is 0 Å². The van der Waals surface area contributed by atoms with Crippen molar-refractivity contribution in [3.05, 3.63) is 0 Å². The Morgan fingerprint density at radius 3 is 2.47 bits per heavy atom. The molecule has 2 saturated carbocycles. The Labute approximate surface area is 258 Å². The molecule has 2 amide bonds. The number of urea groups is 1. The molecule has 12 nitrogen and oxygen atoms in total. The maximum Gasteiger partial charge on any atom is 0.315 e. The number of nitrogens with one attached hydrogen (secondary N) is 5. The third-order valence-electron chi connectivity index (χ3n) is 10.8.